The molecule has 0 aromatic heterocycles. The summed E-state index contributed by atoms with van der Waals surface area (Å²) in [6, 6.07) is 0.871. The first-order valence-corrected chi connectivity index (χ1v) is 11.1. The highest BCUT2D eigenvalue weighted by Crippen LogP contribution is 2.33. The van der Waals surface area contributed by atoms with Gasteiger partial charge in [-0.25, -0.2) is 12.8 Å². The molecule has 1 N–H and O–H groups in total. The SMILES string of the molecule is CC.CCC(CNC)N1CC(C)(C)CN(C2CCCCCC2)S1=O. The molecule has 0 aromatic rings. The van der Waals surface area contributed by atoms with E-state index in [1.807, 2.05) is 20.9 Å². The topological polar surface area (TPSA) is 35.6 Å². The lowest BCUT2D eigenvalue weighted by atomic mass is 9.91. The summed E-state index contributed by atoms with van der Waals surface area (Å²) in [5, 5.41) is 3.27. The van der Waals surface area contributed by atoms with Gasteiger partial charge in [-0.15, -0.1) is 0 Å². The van der Waals surface area contributed by atoms with Crippen LogP contribution in [0.5, 0.6) is 0 Å². The van der Waals surface area contributed by atoms with E-state index in [-0.39, 0.29) is 5.41 Å². The monoisotopic (exact) mass is 359 g/mol. The van der Waals surface area contributed by atoms with E-state index in [2.05, 4.69) is 34.7 Å². The lowest BCUT2D eigenvalue weighted by Crippen LogP contribution is -2.60. The quantitative estimate of drug-likeness (QED) is 0.754. The van der Waals surface area contributed by atoms with E-state index < -0.39 is 11.2 Å². The Bertz CT molecular complexity index is 368. The van der Waals surface area contributed by atoms with Gasteiger partial charge in [-0.1, -0.05) is 60.3 Å². The molecule has 2 rings (SSSR count). The first-order chi connectivity index (χ1) is 11.5. The molecule has 0 bridgehead atoms. The van der Waals surface area contributed by atoms with E-state index >= 15 is 0 Å². The molecule has 1 saturated carbocycles. The van der Waals surface area contributed by atoms with Gasteiger partial charge in [0.25, 0.3) is 0 Å². The van der Waals surface area contributed by atoms with Crippen LogP contribution in [0.3, 0.4) is 0 Å². The zero-order chi connectivity index (χ0) is 18.2. The van der Waals surface area contributed by atoms with Crippen molar-refractivity contribution in [1.29, 1.82) is 0 Å². The molecule has 144 valence electrons. The Balaban J connectivity index is 0.00000139. The third kappa shape index (κ3) is 6.08. The van der Waals surface area contributed by atoms with Gasteiger partial charge in [0, 0.05) is 31.7 Å². The molecule has 0 spiro atoms. The molecule has 0 amide bonds. The summed E-state index contributed by atoms with van der Waals surface area (Å²) in [4.78, 5) is 0. The van der Waals surface area contributed by atoms with Crippen LogP contribution in [0.4, 0.5) is 0 Å². The number of nitrogens with one attached hydrogen (secondary N) is 1. The highest BCUT2D eigenvalue weighted by atomic mass is 32.2. The lowest BCUT2D eigenvalue weighted by Gasteiger charge is -2.48. The third-order valence-corrected chi connectivity index (χ3v) is 6.78. The first kappa shape index (κ1) is 22.1. The van der Waals surface area contributed by atoms with Crippen LogP contribution >= 0.6 is 0 Å². The van der Waals surface area contributed by atoms with Crippen LogP contribution in [0.25, 0.3) is 0 Å². The average molecular weight is 360 g/mol. The Hall–Kier alpha value is 0.0300. The highest BCUT2D eigenvalue weighted by Gasteiger charge is 2.42. The van der Waals surface area contributed by atoms with E-state index in [4.69, 9.17) is 0 Å². The molecule has 2 aliphatic rings. The van der Waals surface area contributed by atoms with Crippen molar-refractivity contribution in [1.82, 2.24) is 13.9 Å². The van der Waals surface area contributed by atoms with E-state index in [1.165, 1.54) is 38.5 Å². The van der Waals surface area contributed by atoms with E-state index in [0.29, 0.717) is 12.1 Å². The Morgan fingerprint density at radius 1 is 1.12 bits per heavy atom. The number of likely N-dealkylation sites (N-methyl/N-ethyl adjacent to an activating group) is 1. The second-order valence-electron chi connectivity index (χ2n) is 7.81. The van der Waals surface area contributed by atoms with Crippen molar-refractivity contribution >= 4 is 11.2 Å². The van der Waals surface area contributed by atoms with Crippen molar-refractivity contribution in [2.24, 2.45) is 5.41 Å². The van der Waals surface area contributed by atoms with E-state index in [0.717, 1.165) is 26.1 Å². The van der Waals surface area contributed by atoms with Gasteiger partial charge < -0.3 is 5.32 Å². The standard InChI is InChI=1S/C17H35N3OS.C2H6/c1-5-15(12-18-4)19-13-17(2,3)14-20(22(19)21)16-10-8-6-7-9-11-16;1-2/h15-16,18H,5-14H2,1-4H3;1-2H3. The van der Waals surface area contributed by atoms with Gasteiger partial charge >= 0.3 is 0 Å². The van der Waals surface area contributed by atoms with E-state index in [1.54, 1.807) is 0 Å². The molecule has 4 nitrogen and oxygen atoms in total. The summed E-state index contributed by atoms with van der Waals surface area (Å²) in [7, 11) is 1.99. The second-order valence-corrected chi connectivity index (χ2v) is 9.21. The smallest absolute Gasteiger partial charge is 0.173 e. The average Bonchev–Trinajstić information content (AvgIpc) is 2.85. The largest absolute Gasteiger partial charge is 0.318 e. The van der Waals surface area contributed by atoms with Gasteiger partial charge in [0.15, 0.2) is 11.2 Å². The van der Waals surface area contributed by atoms with Crippen LogP contribution < -0.4 is 5.32 Å². The van der Waals surface area contributed by atoms with Gasteiger partial charge in [0.05, 0.1) is 0 Å². The second kappa shape index (κ2) is 10.9. The molecule has 1 aliphatic carbocycles. The van der Waals surface area contributed by atoms with E-state index in [9.17, 15) is 4.21 Å². The molecule has 1 aliphatic heterocycles. The molecule has 2 atom stereocenters. The lowest BCUT2D eigenvalue weighted by molar-refractivity contribution is 0.120. The predicted molar refractivity (Wildman–Crippen MR) is 106 cm³/mol. The van der Waals surface area contributed by atoms with Crippen LogP contribution in [-0.4, -0.2) is 51.6 Å². The van der Waals surface area contributed by atoms with Crippen molar-refractivity contribution in [3.8, 4) is 0 Å². The number of hydrogen-bond donors (Lipinski definition) is 1. The number of hydrogen-bond acceptors (Lipinski definition) is 2. The molecule has 0 radical (unpaired) electrons. The van der Waals surface area contributed by atoms with Crippen molar-refractivity contribution in [2.75, 3.05) is 26.7 Å². The van der Waals surface area contributed by atoms with Gasteiger partial charge in [0.1, 0.15) is 0 Å². The molecular weight excluding hydrogens is 318 g/mol. The summed E-state index contributed by atoms with van der Waals surface area (Å²) in [6.07, 6.45) is 8.78. The van der Waals surface area contributed by atoms with Crippen LogP contribution in [0, 0.1) is 5.41 Å². The zero-order valence-corrected chi connectivity index (χ0v) is 17.8. The fourth-order valence-electron chi connectivity index (χ4n) is 3.88. The van der Waals surface area contributed by atoms with Gasteiger partial charge in [0.2, 0.25) is 0 Å². The Morgan fingerprint density at radius 3 is 2.21 bits per heavy atom. The molecular formula is C19H41N3OS. The van der Waals surface area contributed by atoms with Crippen LogP contribution in [-0.2, 0) is 11.2 Å². The fourth-order valence-corrected chi connectivity index (χ4v) is 6.02. The molecule has 24 heavy (non-hydrogen) atoms. The summed E-state index contributed by atoms with van der Waals surface area (Å²) < 4.78 is 17.8. The molecule has 5 heteroatoms. The molecule has 2 fully saturated rings. The predicted octanol–water partition coefficient (Wildman–Crippen LogP) is 3.96. The summed E-state index contributed by atoms with van der Waals surface area (Å²) in [6.45, 7) is 13.7. The number of nitrogens with zero attached hydrogens (tertiary/aromatic N) is 2. The number of rotatable bonds is 5. The highest BCUT2D eigenvalue weighted by molar-refractivity contribution is 7.80. The minimum Gasteiger partial charge on any atom is -0.318 e. The minimum absolute atomic E-state index is 0.210. The van der Waals surface area contributed by atoms with Crippen molar-refractivity contribution in [3.05, 3.63) is 0 Å². The normalized spacial score (nSPS) is 27.8. The maximum Gasteiger partial charge on any atom is 0.173 e. The van der Waals surface area contributed by atoms with Crippen LogP contribution in [0.15, 0.2) is 0 Å². The zero-order valence-electron chi connectivity index (χ0n) is 16.9. The minimum atomic E-state index is -0.972. The maximum atomic E-state index is 13.2. The molecule has 2 unspecified atom stereocenters. The maximum absolute atomic E-state index is 13.2. The summed E-state index contributed by atoms with van der Waals surface area (Å²) in [5.74, 6) is 0. The third-order valence-electron chi connectivity index (χ3n) is 5.12. The van der Waals surface area contributed by atoms with Crippen LogP contribution in [0.1, 0.15) is 79.6 Å². The summed E-state index contributed by atoms with van der Waals surface area (Å²) in [5.41, 5.74) is 0.210. The fraction of sp³-hybridized carbons (Fsp3) is 1.00. The van der Waals surface area contributed by atoms with Crippen molar-refractivity contribution in [3.63, 3.8) is 0 Å². The first-order valence-electron chi connectivity index (χ1n) is 10.1. The molecule has 1 heterocycles. The van der Waals surface area contributed by atoms with Crippen molar-refractivity contribution < 1.29 is 4.21 Å². The van der Waals surface area contributed by atoms with Crippen LogP contribution in [0.2, 0.25) is 0 Å². The molecule has 1 saturated heterocycles. The van der Waals surface area contributed by atoms with Gasteiger partial charge in [-0.05, 0) is 31.7 Å². The Kier molecular flexibility index (Phi) is 10.0. The summed E-state index contributed by atoms with van der Waals surface area (Å²) >= 11 is -0.972. The van der Waals surface area contributed by atoms with Crippen molar-refractivity contribution in [2.45, 2.75) is 91.6 Å². The Morgan fingerprint density at radius 2 is 1.71 bits per heavy atom. The molecule has 0 aromatic carbocycles. The van der Waals surface area contributed by atoms with Gasteiger partial charge in [-0.3, -0.25) is 0 Å². The van der Waals surface area contributed by atoms with Gasteiger partial charge in [-0.2, -0.15) is 0 Å². The Labute approximate surface area is 153 Å².